The van der Waals surface area contributed by atoms with Crippen molar-refractivity contribution in [3.8, 4) is 0 Å². The summed E-state index contributed by atoms with van der Waals surface area (Å²) < 4.78 is 48.7. The van der Waals surface area contributed by atoms with Gasteiger partial charge in [-0.25, -0.2) is 16.8 Å². The Balaban J connectivity index is 3.28. The van der Waals surface area contributed by atoms with E-state index in [1.54, 1.807) is 12.1 Å². The summed E-state index contributed by atoms with van der Waals surface area (Å²) in [6.07, 6.45) is 0. The SMILES string of the molecule is CCS(=O)(=O)Nc1ccccc1S(=O)(=O)CC. The zero-order chi connectivity index (χ0) is 13.1. The van der Waals surface area contributed by atoms with Gasteiger partial charge in [-0.15, -0.1) is 0 Å². The van der Waals surface area contributed by atoms with Crippen LogP contribution >= 0.6 is 0 Å². The molecule has 0 atom stereocenters. The Morgan fingerprint density at radius 3 is 2.12 bits per heavy atom. The number of anilines is 1. The standard InChI is InChI=1S/C10H15NO4S2/c1-3-16(12,13)10-8-6-5-7-9(10)11-17(14,15)4-2/h5-8,11H,3-4H2,1-2H3. The summed E-state index contributed by atoms with van der Waals surface area (Å²) in [7, 11) is -6.91. The molecule has 0 aromatic heterocycles. The molecule has 1 N–H and O–H groups in total. The zero-order valence-electron chi connectivity index (χ0n) is 9.67. The van der Waals surface area contributed by atoms with Crippen molar-refractivity contribution < 1.29 is 16.8 Å². The van der Waals surface area contributed by atoms with Crippen LogP contribution in [0.1, 0.15) is 13.8 Å². The molecule has 0 unspecified atom stereocenters. The van der Waals surface area contributed by atoms with E-state index >= 15 is 0 Å². The second-order valence-electron chi connectivity index (χ2n) is 3.41. The van der Waals surface area contributed by atoms with Gasteiger partial charge in [-0.05, 0) is 19.1 Å². The van der Waals surface area contributed by atoms with Gasteiger partial charge in [0, 0.05) is 0 Å². The minimum absolute atomic E-state index is 0.0134. The number of hydrogen-bond donors (Lipinski definition) is 1. The molecular formula is C10H15NO4S2. The Labute approximate surface area is 102 Å². The molecule has 0 amide bonds. The molecule has 0 aliphatic rings. The van der Waals surface area contributed by atoms with Crippen molar-refractivity contribution in [2.24, 2.45) is 0 Å². The van der Waals surface area contributed by atoms with Crippen molar-refractivity contribution in [3.05, 3.63) is 24.3 Å². The maximum Gasteiger partial charge on any atom is 0.232 e. The molecule has 1 aromatic rings. The quantitative estimate of drug-likeness (QED) is 0.878. The number of para-hydroxylation sites is 1. The highest BCUT2D eigenvalue weighted by molar-refractivity contribution is 7.93. The highest BCUT2D eigenvalue weighted by atomic mass is 32.2. The Morgan fingerprint density at radius 1 is 1.00 bits per heavy atom. The molecule has 0 heterocycles. The van der Waals surface area contributed by atoms with E-state index < -0.39 is 19.9 Å². The van der Waals surface area contributed by atoms with Gasteiger partial charge < -0.3 is 0 Å². The first-order valence-corrected chi connectivity index (χ1v) is 8.45. The average molecular weight is 277 g/mol. The summed E-state index contributed by atoms with van der Waals surface area (Å²) in [5.41, 5.74) is 0.108. The van der Waals surface area contributed by atoms with E-state index in [1.165, 1.54) is 26.0 Å². The van der Waals surface area contributed by atoms with Crippen LogP contribution in [0.2, 0.25) is 0 Å². The predicted molar refractivity (Wildman–Crippen MR) is 67.3 cm³/mol. The fraction of sp³-hybridized carbons (Fsp3) is 0.400. The number of rotatable bonds is 5. The first-order chi connectivity index (χ1) is 7.82. The third-order valence-corrected chi connectivity index (χ3v) is 5.32. The smallest absolute Gasteiger partial charge is 0.232 e. The summed E-state index contributed by atoms with van der Waals surface area (Å²) in [4.78, 5) is 0.0134. The Kier molecular flexibility index (Phi) is 4.16. The van der Waals surface area contributed by atoms with E-state index in [0.29, 0.717) is 0 Å². The van der Waals surface area contributed by atoms with Crippen molar-refractivity contribution in [1.82, 2.24) is 0 Å². The molecule has 0 fully saturated rings. The Bertz CT molecular complexity index is 590. The topological polar surface area (TPSA) is 80.3 Å². The molecule has 5 nitrogen and oxygen atoms in total. The molecule has 0 radical (unpaired) electrons. The van der Waals surface area contributed by atoms with Gasteiger partial charge in [0.15, 0.2) is 9.84 Å². The lowest BCUT2D eigenvalue weighted by molar-refractivity contribution is 0.597. The van der Waals surface area contributed by atoms with Crippen molar-refractivity contribution in [2.45, 2.75) is 18.7 Å². The minimum atomic E-state index is -3.48. The fourth-order valence-corrected chi connectivity index (χ4v) is 2.99. The van der Waals surface area contributed by atoms with Crippen LogP contribution in [0, 0.1) is 0 Å². The first kappa shape index (κ1) is 14.0. The maximum atomic E-state index is 11.8. The van der Waals surface area contributed by atoms with Gasteiger partial charge in [0.2, 0.25) is 10.0 Å². The van der Waals surface area contributed by atoms with E-state index in [2.05, 4.69) is 4.72 Å². The van der Waals surface area contributed by atoms with Gasteiger partial charge in [0.05, 0.1) is 22.1 Å². The zero-order valence-corrected chi connectivity index (χ0v) is 11.3. The monoisotopic (exact) mass is 277 g/mol. The molecular weight excluding hydrogens is 262 g/mol. The fourth-order valence-electron chi connectivity index (χ4n) is 1.22. The normalized spacial score (nSPS) is 12.4. The van der Waals surface area contributed by atoms with Gasteiger partial charge in [-0.1, -0.05) is 19.1 Å². The molecule has 0 saturated carbocycles. The van der Waals surface area contributed by atoms with E-state index in [0.717, 1.165) is 0 Å². The van der Waals surface area contributed by atoms with E-state index in [4.69, 9.17) is 0 Å². The summed E-state index contributed by atoms with van der Waals surface area (Å²) >= 11 is 0. The summed E-state index contributed by atoms with van der Waals surface area (Å²) in [5.74, 6) is -0.175. The van der Waals surface area contributed by atoms with Crippen molar-refractivity contribution in [3.63, 3.8) is 0 Å². The summed E-state index contributed by atoms with van der Waals surface area (Å²) in [6, 6.07) is 5.98. The number of nitrogens with one attached hydrogen (secondary N) is 1. The number of sulfone groups is 1. The molecule has 0 saturated heterocycles. The van der Waals surface area contributed by atoms with E-state index in [9.17, 15) is 16.8 Å². The molecule has 7 heteroatoms. The second kappa shape index (κ2) is 5.05. The summed E-state index contributed by atoms with van der Waals surface area (Å²) in [6.45, 7) is 3.00. The van der Waals surface area contributed by atoms with Gasteiger partial charge in [0.25, 0.3) is 0 Å². The third-order valence-electron chi connectivity index (χ3n) is 2.25. The van der Waals surface area contributed by atoms with Gasteiger partial charge in [-0.2, -0.15) is 0 Å². The molecule has 0 bridgehead atoms. The number of sulfonamides is 1. The minimum Gasteiger partial charge on any atom is -0.282 e. The van der Waals surface area contributed by atoms with Gasteiger partial charge in [-0.3, -0.25) is 4.72 Å². The average Bonchev–Trinajstić information content (AvgIpc) is 2.29. The lowest BCUT2D eigenvalue weighted by Gasteiger charge is -2.11. The van der Waals surface area contributed by atoms with Crippen LogP contribution < -0.4 is 4.72 Å². The lowest BCUT2D eigenvalue weighted by atomic mass is 10.3. The maximum absolute atomic E-state index is 11.8. The van der Waals surface area contributed by atoms with Crippen molar-refractivity contribution in [1.29, 1.82) is 0 Å². The molecule has 0 spiro atoms. The van der Waals surface area contributed by atoms with Crippen LogP contribution in [-0.2, 0) is 19.9 Å². The largest absolute Gasteiger partial charge is 0.282 e. The van der Waals surface area contributed by atoms with Crippen LogP contribution in [0.15, 0.2) is 29.2 Å². The van der Waals surface area contributed by atoms with Crippen molar-refractivity contribution in [2.75, 3.05) is 16.2 Å². The molecule has 0 aliphatic carbocycles. The van der Waals surface area contributed by atoms with Crippen LogP contribution in [0.5, 0.6) is 0 Å². The van der Waals surface area contributed by atoms with Gasteiger partial charge in [0.1, 0.15) is 0 Å². The number of hydrogen-bond acceptors (Lipinski definition) is 4. The second-order valence-corrected chi connectivity index (χ2v) is 7.66. The molecule has 1 rings (SSSR count). The highest BCUT2D eigenvalue weighted by Crippen LogP contribution is 2.22. The Hall–Kier alpha value is -1.08. The lowest BCUT2D eigenvalue weighted by Crippen LogP contribution is -2.17. The molecule has 17 heavy (non-hydrogen) atoms. The van der Waals surface area contributed by atoms with E-state index in [1.807, 2.05) is 0 Å². The van der Waals surface area contributed by atoms with E-state index in [-0.39, 0.29) is 22.1 Å². The first-order valence-electron chi connectivity index (χ1n) is 5.14. The van der Waals surface area contributed by atoms with Crippen molar-refractivity contribution >= 4 is 25.5 Å². The van der Waals surface area contributed by atoms with Crippen LogP contribution in [-0.4, -0.2) is 28.3 Å². The van der Waals surface area contributed by atoms with Crippen LogP contribution in [0.3, 0.4) is 0 Å². The number of benzene rings is 1. The Morgan fingerprint density at radius 2 is 1.59 bits per heavy atom. The van der Waals surface area contributed by atoms with Crippen LogP contribution in [0.25, 0.3) is 0 Å². The molecule has 1 aromatic carbocycles. The molecule has 0 aliphatic heterocycles. The van der Waals surface area contributed by atoms with Crippen LogP contribution in [0.4, 0.5) is 5.69 Å². The highest BCUT2D eigenvalue weighted by Gasteiger charge is 2.18. The predicted octanol–water partition coefficient (Wildman–Crippen LogP) is 1.24. The molecule has 96 valence electrons. The third kappa shape index (κ3) is 3.44. The van der Waals surface area contributed by atoms with Gasteiger partial charge >= 0.3 is 0 Å². The summed E-state index contributed by atoms with van der Waals surface area (Å²) in [5, 5.41) is 0.